The van der Waals surface area contributed by atoms with Gasteiger partial charge in [-0.05, 0) is 41.1 Å². The van der Waals surface area contributed by atoms with Crippen LogP contribution in [0.2, 0.25) is 0 Å². The lowest BCUT2D eigenvalue weighted by Gasteiger charge is -2.19. The number of likely N-dealkylation sites (N-methyl/N-ethyl adjacent to an activating group) is 1. The van der Waals surface area contributed by atoms with Gasteiger partial charge in [0.15, 0.2) is 0 Å². The van der Waals surface area contributed by atoms with Crippen molar-refractivity contribution in [1.29, 1.82) is 0 Å². The quantitative estimate of drug-likeness (QED) is 0.806. The van der Waals surface area contributed by atoms with Crippen LogP contribution in [0.25, 0.3) is 0 Å². The number of nitrogens with one attached hydrogen (secondary N) is 1. The van der Waals surface area contributed by atoms with Crippen LogP contribution in [0.3, 0.4) is 0 Å². The second kappa shape index (κ2) is 7.85. The van der Waals surface area contributed by atoms with Crippen LogP contribution in [0.1, 0.15) is 28.2 Å². The summed E-state index contributed by atoms with van der Waals surface area (Å²) in [6, 6.07) is 5.96. The smallest absolute Gasteiger partial charge is 0.264 e. The van der Waals surface area contributed by atoms with Gasteiger partial charge in [-0.2, -0.15) is 0 Å². The fourth-order valence-corrected chi connectivity index (χ4v) is 3.50. The van der Waals surface area contributed by atoms with Gasteiger partial charge in [0, 0.05) is 18.7 Å². The molecular formula is C16H15BrF2N2O2S. The first-order valence-electron chi connectivity index (χ1n) is 7.03. The van der Waals surface area contributed by atoms with Crippen molar-refractivity contribution < 1.29 is 18.4 Å². The van der Waals surface area contributed by atoms with Gasteiger partial charge in [-0.1, -0.05) is 6.07 Å². The molecule has 1 unspecified atom stereocenters. The molecule has 8 heteroatoms. The first-order chi connectivity index (χ1) is 11.3. The molecule has 0 spiro atoms. The molecule has 1 heterocycles. The van der Waals surface area contributed by atoms with Crippen molar-refractivity contribution in [1.82, 2.24) is 10.2 Å². The summed E-state index contributed by atoms with van der Waals surface area (Å²) in [5, 5.41) is 2.60. The van der Waals surface area contributed by atoms with E-state index in [1.165, 1.54) is 29.4 Å². The second-order valence-corrected chi connectivity index (χ2v) is 7.68. The van der Waals surface area contributed by atoms with Gasteiger partial charge >= 0.3 is 0 Å². The molecule has 0 fully saturated rings. The number of rotatable bonds is 5. The zero-order valence-electron chi connectivity index (χ0n) is 13.0. The summed E-state index contributed by atoms with van der Waals surface area (Å²) >= 11 is 4.55. The molecule has 0 aliphatic carbocycles. The minimum atomic E-state index is -0.726. The molecule has 1 atom stereocenters. The number of halogens is 3. The summed E-state index contributed by atoms with van der Waals surface area (Å²) in [6.45, 7) is 1.42. The SMILES string of the molecule is CC(NC(=O)CN(C)C(=O)c1ccc(Br)s1)c1ccc(F)cc1F. The molecule has 4 nitrogen and oxygen atoms in total. The topological polar surface area (TPSA) is 49.4 Å². The Bertz CT molecular complexity index is 766. The summed E-state index contributed by atoms with van der Waals surface area (Å²) in [6.07, 6.45) is 0. The van der Waals surface area contributed by atoms with Crippen LogP contribution in [0.5, 0.6) is 0 Å². The summed E-state index contributed by atoms with van der Waals surface area (Å²) < 4.78 is 27.5. The number of hydrogen-bond acceptors (Lipinski definition) is 3. The van der Waals surface area contributed by atoms with Gasteiger partial charge in [0.25, 0.3) is 5.91 Å². The Morgan fingerprint density at radius 2 is 2.00 bits per heavy atom. The van der Waals surface area contributed by atoms with Crippen LogP contribution in [0.4, 0.5) is 8.78 Å². The molecule has 0 aliphatic rings. The van der Waals surface area contributed by atoms with Gasteiger partial charge in [-0.3, -0.25) is 9.59 Å². The maximum Gasteiger partial charge on any atom is 0.264 e. The van der Waals surface area contributed by atoms with E-state index in [4.69, 9.17) is 0 Å². The lowest BCUT2D eigenvalue weighted by molar-refractivity contribution is -0.122. The summed E-state index contributed by atoms with van der Waals surface area (Å²) in [5.41, 5.74) is 0.181. The van der Waals surface area contributed by atoms with Gasteiger partial charge in [-0.15, -0.1) is 11.3 Å². The van der Waals surface area contributed by atoms with Crippen LogP contribution >= 0.6 is 27.3 Å². The van der Waals surface area contributed by atoms with Crippen molar-refractivity contribution >= 4 is 39.1 Å². The summed E-state index contributed by atoms with van der Waals surface area (Å²) in [7, 11) is 1.51. The van der Waals surface area contributed by atoms with Gasteiger partial charge < -0.3 is 10.2 Å². The Hall–Kier alpha value is -1.80. The molecule has 0 aliphatic heterocycles. The number of nitrogens with zero attached hydrogens (tertiary/aromatic N) is 1. The number of carbonyl (C=O) groups excluding carboxylic acids is 2. The normalized spacial score (nSPS) is 11.9. The zero-order valence-corrected chi connectivity index (χ0v) is 15.4. The fraction of sp³-hybridized carbons (Fsp3) is 0.250. The Morgan fingerprint density at radius 3 is 2.58 bits per heavy atom. The van der Waals surface area contributed by atoms with Crippen LogP contribution in [-0.2, 0) is 4.79 Å². The van der Waals surface area contributed by atoms with E-state index in [0.717, 1.165) is 15.9 Å². The predicted molar refractivity (Wildman–Crippen MR) is 91.9 cm³/mol. The van der Waals surface area contributed by atoms with E-state index < -0.39 is 23.6 Å². The number of benzene rings is 1. The van der Waals surface area contributed by atoms with Crippen LogP contribution in [0.15, 0.2) is 34.1 Å². The lowest BCUT2D eigenvalue weighted by Crippen LogP contribution is -2.39. The third kappa shape index (κ3) is 4.61. The van der Waals surface area contributed by atoms with Crippen LogP contribution < -0.4 is 5.32 Å². The molecule has 0 saturated carbocycles. The molecule has 1 aromatic carbocycles. The summed E-state index contributed by atoms with van der Waals surface area (Å²) in [5.74, 6) is -2.11. The monoisotopic (exact) mass is 416 g/mol. The van der Waals surface area contributed by atoms with E-state index in [1.54, 1.807) is 19.1 Å². The highest BCUT2D eigenvalue weighted by Gasteiger charge is 2.19. The van der Waals surface area contributed by atoms with Crippen LogP contribution in [-0.4, -0.2) is 30.3 Å². The van der Waals surface area contributed by atoms with E-state index in [9.17, 15) is 18.4 Å². The Morgan fingerprint density at radius 1 is 1.29 bits per heavy atom. The molecule has 2 amide bonds. The maximum atomic E-state index is 13.7. The number of thiophene rings is 1. The molecule has 0 radical (unpaired) electrons. The second-order valence-electron chi connectivity index (χ2n) is 5.22. The van der Waals surface area contributed by atoms with E-state index in [-0.39, 0.29) is 18.0 Å². The molecule has 24 heavy (non-hydrogen) atoms. The molecule has 2 rings (SSSR count). The highest BCUT2D eigenvalue weighted by molar-refractivity contribution is 9.11. The highest BCUT2D eigenvalue weighted by atomic mass is 79.9. The predicted octanol–water partition coefficient (Wildman–Crippen LogP) is 3.74. The third-order valence-corrected chi connectivity index (χ3v) is 4.93. The van der Waals surface area contributed by atoms with E-state index in [2.05, 4.69) is 21.2 Å². The first kappa shape index (κ1) is 18.5. The fourth-order valence-electron chi connectivity index (χ4n) is 2.12. The molecule has 1 aromatic heterocycles. The largest absolute Gasteiger partial charge is 0.348 e. The number of amides is 2. The molecule has 128 valence electrons. The molecular weight excluding hydrogens is 402 g/mol. The standard InChI is InChI=1S/C16H15BrF2N2O2S/c1-9(11-4-3-10(18)7-12(11)19)20-15(22)8-21(2)16(23)13-5-6-14(17)24-13/h3-7,9H,8H2,1-2H3,(H,20,22). The van der Waals surface area contributed by atoms with Gasteiger partial charge in [0.05, 0.1) is 21.3 Å². The average molecular weight is 417 g/mol. The molecule has 2 aromatic rings. The van der Waals surface area contributed by atoms with Gasteiger partial charge in [0.1, 0.15) is 11.6 Å². The zero-order chi connectivity index (χ0) is 17.9. The molecule has 1 N–H and O–H groups in total. The first-order valence-corrected chi connectivity index (χ1v) is 8.64. The van der Waals surface area contributed by atoms with Crippen LogP contribution in [0, 0.1) is 11.6 Å². The van der Waals surface area contributed by atoms with Crippen molar-refractivity contribution in [2.75, 3.05) is 13.6 Å². The third-order valence-electron chi connectivity index (χ3n) is 3.32. The Balaban J connectivity index is 1.95. The van der Waals surface area contributed by atoms with Crippen molar-refractivity contribution in [2.24, 2.45) is 0 Å². The average Bonchev–Trinajstić information content (AvgIpc) is 2.92. The number of hydrogen-bond donors (Lipinski definition) is 1. The summed E-state index contributed by atoms with van der Waals surface area (Å²) in [4.78, 5) is 26.0. The van der Waals surface area contributed by atoms with E-state index in [1.807, 2.05) is 0 Å². The van der Waals surface area contributed by atoms with E-state index >= 15 is 0 Å². The number of carbonyl (C=O) groups is 2. The van der Waals surface area contributed by atoms with Crippen molar-refractivity contribution in [3.63, 3.8) is 0 Å². The maximum absolute atomic E-state index is 13.7. The highest BCUT2D eigenvalue weighted by Crippen LogP contribution is 2.23. The van der Waals surface area contributed by atoms with Crippen molar-refractivity contribution in [3.8, 4) is 0 Å². The molecule has 0 saturated heterocycles. The Labute approximate surface area is 150 Å². The lowest BCUT2D eigenvalue weighted by atomic mass is 10.1. The van der Waals surface area contributed by atoms with Gasteiger partial charge in [-0.25, -0.2) is 8.78 Å². The Kier molecular flexibility index (Phi) is 6.06. The van der Waals surface area contributed by atoms with E-state index in [0.29, 0.717) is 4.88 Å². The molecule has 0 bridgehead atoms. The van der Waals surface area contributed by atoms with Crippen molar-refractivity contribution in [2.45, 2.75) is 13.0 Å². The van der Waals surface area contributed by atoms with Gasteiger partial charge in [0.2, 0.25) is 5.91 Å². The minimum Gasteiger partial charge on any atom is -0.348 e. The minimum absolute atomic E-state index is 0.165. The van der Waals surface area contributed by atoms with Crippen molar-refractivity contribution in [3.05, 3.63) is 56.2 Å².